The minimum atomic E-state index is -0.147. The summed E-state index contributed by atoms with van der Waals surface area (Å²) in [5.74, 6) is 0.546. The van der Waals surface area contributed by atoms with Crippen LogP contribution in [0.4, 0.5) is 0 Å². The zero-order chi connectivity index (χ0) is 17.6. The maximum atomic E-state index is 12.1. The van der Waals surface area contributed by atoms with Gasteiger partial charge in [-0.25, -0.2) is 4.98 Å². The van der Waals surface area contributed by atoms with Crippen LogP contribution in [-0.4, -0.2) is 22.1 Å². The molecule has 25 heavy (non-hydrogen) atoms. The fourth-order valence-corrected chi connectivity index (χ4v) is 2.50. The van der Waals surface area contributed by atoms with Gasteiger partial charge < -0.3 is 14.6 Å². The summed E-state index contributed by atoms with van der Waals surface area (Å²) in [5, 5.41) is 2.95. The molecule has 0 saturated heterocycles. The lowest BCUT2D eigenvalue weighted by Gasteiger charge is -2.15. The van der Waals surface area contributed by atoms with Gasteiger partial charge in [-0.1, -0.05) is 29.8 Å². The van der Waals surface area contributed by atoms with Crippen molar-refractivity contribution in [1.82, 2.24) is 14.9 Å². The quantitative estimate of drug-likeness (QED) is 0.751. The van der Waals surface area contributed by atoms with Crippen LogP contribution in [0.2, 0.25) is 0 Å². The molecule has 1 N–H and O–H groups in total. The van der Waals surface area contributed by atoms with Crippen LogP contribution in [0.25, 0.3) is 5.69 Å². The molecule has 1 heterocycles. The van der Waals surface area contributed by atoms with Gasteiger partial charge in [0.15, 0.2) is 6.61 Å². The number of carbonyl (C=O) groups is 1. The smallest absolute Gasteiger partial charge is 0.258 e. The van der Waals surface area contributed by atoms with Crippen LogP contribution < -0.4 is 10.1 Å². The van der Waals surface area contributed by atoms with E-state index in [2.05, 4.69) is 10.3 Å². The van der Waals surface area contributed by atoms with Crippen LogP contribution in [0.1, 0.15) is 24.1 Å². The van der Waals surface area contributed by atoms with E-state index in [4.69, 9.17) is 4.74 Å². The zero-order valence-electron chi connectivity index (χ0n) is 14.3. The molecule has 2 aromatic carbocycles. The molecule has 1 unspecified atom stereocenters. The lowest BCUT2D eigenvalue weighted by atomic mass is 10.1. The Balaban J connectivity index is 1.53. The minimum Gasteiger partial charge on any atom is -0.484 e. The van der Waals surface area contributed by atoms with Gasteiger partial charge in [0.05, 0.1) is 12.4 Å². The van der Waals surface area contributed by atoms with E-state index >= 15 is 0 Å². The highest BCUT2D eigenvalue weighted by Crippen LogP contribution is 2.16. The van der Waals surface area contributed by atoms with Crippen LogP contribution in [0.5, 0.6) is 5.75 Å². The van der Waals surface area contributed by atoms with Crippen molar-refractivity contribution in [2.75, 3.05) is 6.61 Å². The monoisotopic (exact) mass is 335 g/mol. The lowest BCUT2D eigenvalue weighted by molar-refractivity contribution is -0.123. The zero-order valence-corrected chi connectivity index (χ0v) is 14.3. The molecule has 0 fully saturated rings. The SMILES string of the molecule is Cc1ccc(OCC(=O)NC(C)c2ccc(-n3ccnc3)cc2)cc1. The van der Waals surface area contributed by atoms with E-state index in [1.807, 2.05) is 73.1 Å². The Morgan fingerprint density at radius 2 is 1.88 bits per heavy atom. The van der Waals surface area contributed by atoms with Gasteiger partial charge in [-0.3, -0.25) is 4.79 Å². The van der Waals surface area contributed by atoms with Gasteiger partial charge in [0.1, 0.15) is 5.75 Å². The van der Waals surface area contributed by atoms with Crippen molar-refractivity contribution in [2.45, 2.75) is 19.9 Å². The van der Waals surface area contributed by atoms with E-state index in [-0.39, 0.29) is 18.6 Å². The Kier molecular flexibility index (Phi) is 5.14. The first-order chi connectivity index (χ1) is 12.1. The van der Waals surface area contributed by atoms with E-state index in [9.17, 15) is 4.79 Å². The Bertz CT molecular complexity index is 809. The summed E-state index contributed by atoms with van der Waals surface area (Å²) < 4.78 is 7.44. The standard InChI is InChI=1S/C20H21N3O2/c1-15-3-9-19(10-4-15)25-13-20(24)22-16(2)17-5-7-18(8-6-17)23-12-11-21-14-23/h3-12,14,16H,13H2,1-2H3,(H,22,24). The molecule has 128 valence electrons. The van der Waals surface area contributed by atoms with Crippen molar-refractivity contribution in [1.29, 1.82) is 0 Å². The van der Waals surface area contributed by atoms with Crippen LogP contribution in [0, 0.1) is 6.92 Å². The van der Waals surface area contributed by atoms with Crippen LogP contribution in [-0.2, 0) is 4.79 Å². The molecule has 0 spiro atoms. The Morgan fingerprint density at radius 3 is 2.52 bits per heavy atom. The molecule has 0 aliphatic heterocycles. The molecule has 0 bridgehead atoms. The predicted molar refractivity (Wildman–Crippen MR) is 96.8 cm³/mol. The third-order valence-corrected chi connectivity index (χ3v) is 3.96. The van der Waals surface area contributed by atoms with E-state index < -0.39 is 0 Å². The van der Waals surface area contributed by atoms with Crippen molar-refractivity contribution >= 4 is 5.91 Å². The Morgan fingerprint density at radius 1 is 1.16 bits per heavy atom. The number of rotatable bonds is 6. The number of aromatic nitrogens is 2. The van der Waals surface area contributed by atoms with Gasteiger partial charge in [0.25, 0.3) is 5.91 Å². The van der Waals surface area contributed by atoms with Crippen molar-refractivity contribution in [3.05, 3.63) is 78.4 Å². The van der Waals surface area contributed by atoms with Gasteiger partial charge >= 0.3 is 0 Å². The first-order valence-electron chi connectivity index (χ1n) is 8.19. The van der Waals surface area contributed by atoms with Crippen molar-refractivity contribution in [2.24, 2.45) is 0 Å². The molecule has 5 nitrogen and oxygen atoms in total. The second-order valence-corrected chi connectivity index (χ2v) is 5.95. The summed E-state index contributed by atoms with van der Waals surface area (Å²) in [5.41, 5.74) is 3.22. The second kappa shape index (κ2) is 7.66. The number of nitrogens with zero attached hydrogens (tertiary/aromatic N) is 2. The number of imidazole rings is 1. The van der Waals surface area contributed by atoms with Crippen LogP contribution in [0.3, 0.4) is 0 Å². The van der Waals surface area contributed by atoms with Gasteiger partial charge in [-0.15, -0.1) is 0 Å². The lowest BCUT2D eigenvalue weighted by Crippen LogP contribution is -2.31. The van der Waals surface area contributed by atoms with E-state index in [1.165, 1.54) is 0 Å². The summed E-state index contributed by atoms with van der Waals surface area (Å²) in [7, 11) is 0. The number of carbonyl (C=O) groups excluding carboxylic acids is 1. The molecule has 0 saturated carbocycles. The highest BCUT2D eigenvalue weighted by atomic mass is 16.5. The van der Waals surface area contributed by atoms with Crippen molar-refractivity contribution in [3.63, 3.8) is 0 Å². The van der Waals surface area contributed by atoms with E-state index in [0.717, 1.165) is 16.8 Å². The predicted octanol–water partition coefficient (Wildman–Crippen LogP) is 3.44. The number of hydrogen-bond donors (Lipinski definition) is 1. The van der Waals surface area contributed by atoms with Gasteiger partial charge in [0, 0.05) is 18.1 Å². The Hall–Kier alpha value is -3.08. The number of hydrogen-bond acceptors (Lipinski definition) is 3. The Labute approximate surface area is 147 Å². The molecule has 5 heteroatoms. The molecular weight excluding hydrogens is 314 g/mol. The minimum absolute atomic E-state index is 0.000517. The largest absolute Gasteiger partial charge is 0.484 e. The van der Waals surface area contributed by atoms with Crippen LogP contribution in [0.15, 0.2) is 67.3 Å². The average Bonchev–Trinajstić information content (AvgIpc) is 3.16. The highest BCUT2D eigenvalue weighted by Gasteiger charge is 2.10. The number of ether oxygens (including phenoxy) is 1. The molecule has 1 aromatic heterocycles. The molecule has 1 atom stereocenters. The molecular formula is C20H21N3O2. The molecule has 3 rings (SSSR count). The van der Waals surface area contributed by atoms with Crippen molar-refractivity contribution < 1.29 is 9.53 Å². The molecule has 0 radical (unpaired) electrons. The molecule has 0 aliphatic carbocycles. The highest BCUT2D eigenvalue weighted by molar-refractivity contribution is 5.78. The van der Waals surface area contributed by atoms with E-state index in [1.54, 1.807) is 12.5 Å². The maximum absolute atomic E-state index is 12.1. The molecule has 3 aromatic rings. The van der Waals surface area contributed by atoms with E-state index in [0.29, 0.717) is 5.75 Å². The summed E-state index contributed by atoms with van der Waals surface area (Å²) >= 11 is 0. The van der Waals surface area contributed by atoms with Gasteiger partial charge in [-0.2, -0.15) is 0 Å². The normalized spacial score (nSPS) is 11.8. The van der Waals surface area contributed by atoms with Crippen molar-refractivity contribution in [3.8, 4) is 11.4 Å². The fourth-order valence-electron chi connectivity index (χ4n) is 2.50. The number of amides is 1. The topological polar surface area (TPSA) is 56.1 Å². The summed E-state index contributed by atoms with van der Waals surface area (Å²) in [4.78, 5) is 16.1. The third-order valence-electron chi connectivity index (χ3n) is 3.96. The average molecular weight is 335 g/mol. The second-order valence-electron chi connectivity index (χ2n) is 5.95. The number of aryl methyl sites for hydroxylation is 1. The summed E-state index contributed by atoms with van der Waals surface area (Å²) in [6, 6.07) is 15.6. The third kappa shape index (κ3) is 4.47. The molecule has 0 aliphatic rings. The summed E-state index contributed by atoms with van der Waals surface area (Å²) in [6.45, 7) is 3.97. The summed E-state index contributed by atoms with van der Waals surface area (Å²) in [6.07, 6.45) is 5.38. The maximum Gasteiger partial charge on any atom is 0.258 e. The number of benzene rings is 2. The van der Waals surface area contributed by atoms with Gasteiger partial charge in [-0.05, 0) is 43.7 Å². The number of nitrogens with one attached hydrogen (secondary N) is 1. The first kappa shape index (κ1) is 16.8. The first-order valence-corrected chi connectivity index (χ1v) is 8.19. The van der Waals surface area contributed by atoms with Crippen LogP contribution >= 0.6 is 0 Å². The van der Waals surface area contributed by atoms with Gasteiger partial charge in [0.2, 0.25) is 0 Å². The fraction of sp³-hybridized carbons (Fsp3) is 0.200. The molecule has 1 amide bonds.